The molecule has 6 heteroatoms. The summed E-state index contributed by atoms with van der Waals surface area (Å²) in [6.45, 7) is 13.4. The summed E-state index contributed by atoms with van der Waals surface area (Å²) in [7, 11) is 1.78. The topological polar surface area (TPSA) is 39.3 Å². The van der Waals surface area contributed by atoms with Gasteiger partial charge in [-0.2, -0.15) is 0 Å². The van der Waals surface area contributed by atoms with Crippen molar-refractivity contribution in [2.24, 2.45) is 5.92 Å². The molecule has 0 saturated carbocycles. The maximum absolute atomic E-state index is 13.4. The van der Waals surface area contributed by atoms with Crippen LogP contribution < -0.4 is 0 Å². The SMILES string of the molecule is CCN1CCCC1CN(CC1CCN(CCOC)CC1)C(=O)CN1CCCCCC1. The third-order valence-corrected chi connectivity index (χ3v) is 7.54. The highest BCUT2D eigenvalue weighted by atomic mass is 16.5. The molecule has 1 atom stereocenters. The number of ether oxygens (including phenoxy) is 1. The van der Waals surface area contributed by atoms with E-state index in [0.29, 0.717) is 24.4 Å². The molecule has 0 aromatic carbocycles. The predicted octanol–water partition coefficient (Wildman–Crippen LogP) is 2.53. The molecule has 30 heavy (non-hydrogen) atoms. The fourth-order valence-electron chi connectivity index (χ4n) is 5.56. The van der Waals surface area contributed by atoms with Crippen LogP contribution in [0.1, 0.15) is 58.3 Å². The number of methoxy groups -OCH3 is 1. The quantitative estimate of drug-likeness (QED) is 0.541. The van der Waals surface area contributed by atoms with E-state index in [1.54, 1.807) is 7.11 Å². The molecule has 0 N–H and O–H groups in total. The van der Waals surface area contributed by atoms with Gasteiger partial charge in [0.25, 0.3) is 0 Å². The van der Waals surface area contributed by atoms with Crippen LogP contribution in [0.4, 0.5) is 0 Å². The minimum Gasteiger partial charge on any atom is -0.383 e. The summed E-state index contributed by atoms with van der Waals surface area (Å²) >= 11 is 0. The number of hydrogen-bond donors (Lipinski definition) is 0. The van der Waals surface area contributed by atoms with E-state index in [1.807, 2.05) is 0 Å². The van der Waals surface area contributed by atoms with Crippen molar-refractivity contribution < 1.29 is 9.53 Å². The molecule has 3 rings (SSSR count). The van der Waals surface area contributed by atoms with Gasteiger partial charge >= 0.3 is 0 Å². The number of rotatable bonds is 10. The Morgan fingerprint density at radius 1 is 0.900 bits per heavy atom. The van der Waals surface area contributed by atoms with Crippen LogP contribution in [0.3, 0.4) is 0 Å². The van der Waals surface area contributed by atoms with Crippen molar-refractivity contribution in [1.29, 1.82) is 0 Å². The molecule has 0 radical (unpaired) electrons. The molecular formula is C24H46N4O2. The Morgan fingerprint density at radius 2 is 1.63 bits per heavy atom. The average Bonchev–Trinajstić information content (AvgIpc) is 3.06. The van der Waals surface area contributed by atoms with Gasteiger partial charge in [-0.1, -0.05) is 19.8 Å². The minimum atomic E-state index is 0.377. The van der Waals surface area contributed by atoms with Crippen LogP contribution in [-0.2, 0) is 9.53 Å². The number of nitrogens with zero attached hydrogens (tertiary/aromatic N) is 4. The zero-order chi connectivity index (χ0) is 21.2. The molecule has 3 heterocycles. The highest BCUT2D eigenvalue weighted by Crippen LogP contribution is 2.22. The zero-order valence-corrected chi connectivity index (χ0v) is 19.7. The highest BCUT2D eigenvalue weighted by molar-refractivity contribution is 5.78. The Hall–Kier alpha value is -0.690. The van der Waals surface area contributed by atoms with E-state index >= 15 is 0 Å². The van der Waals surface area contributed by atoms with E-state index in [4.69, 9.17) is 4.74 Å². The monoisotopic (exact) mass is 422 g/mol. The Morgan fingerprint density at radius 3 is 2.30 bits per heavy atom. The molecule has 3 aliphatic heterocycles. The third kappa shape index (κ3) is 7.47. The van der Waals surface area contributed by atoms with Crippen LogP contribution in [0.5, 0.6) is 0 Å². The summed E-state index contributed by atoms with van der Waals surface area (Å²) < 4.78 is 5.24. The first kappa shape index (κ1) is 24.0. The van der Waals surface area contributed by atoms with E-state index in [2.05, 4.69) is 26.5 Å². The first-order valence-electron chi connectivity index (χ1n) is 12.6. The molecule has 0 bridgehead atoms. The number of piperidine rings is 1. The van der Waals surface area contributed by atoms with E-state index < -0.39 is 0 Å². The molecule has 0 spiro atoms. The van der Waals surface area contributed by atoms with E-state index in [0.717, 1.165) is 59.0 Å². The van der Waals surface area contributed by atoms with Gasteiger partial charge in [-0.3, -0.25) is 14.6 Å². The second-order valence-corrected chi connectivity index (χ2v) is 9.69. The van der Waals surface area contributed by atoms with E-state index in [-0.39, 0.29) is 0 Å². The molecular weight excluding hydrogens is 376 g/mol. The lowest BCUT2D eigenvalue weighted by Gasteiger charge is -2.37. The molecule has 3 fully saturated rings. The van der Waals surface area contributed by atoms with Gasteiger partial charge in [-0.25, -0.2) is 0 Å². The summed E-state index contributed by atoms with van der Waals surface area (Å²) in [5, 5.41) is 0. The van der Waals surface area contributed by atoms with E-state index in [9.17, 15) is 4.79 Å². The summed E-state index contributed by atoms with van der Waals surface area (Å²) in [5.74, 6) is 1.02. The van der Waals surface area contributed by atoms with Crippen LogP contribution >= 0.6 is 0 Å². The minimum absolute atomic E-state index is 0.377. The molecule has 3 saturated heterocycles. The van der Waals surface area contributed by atoms with Gasteiger partial charge in [0.05, 0.1) is 13.2 Å². The Labute approximate surface area is 184 Å². The van der Waals surface area contributed by atoms with Crippen molar-refractivity contribution in [1.82, 2.24) is 19.6 Å². The molecule has 6 nitrogen and oxygen atoms in total. The van der Waals surface area contributed by atoms with Crippen molar-refractivity contribution in [2.75, 3.05) is 79.2 Å². The van der Waals surface area contributed by atoms with Crippen LogP contribution in [0, 0.1) is 5.92 Å². The van der Waals surface area contributed by atoms with Gasteiger partial charge in [-0.15, -0.1) is 0 Å². The third-order valence-electron chi connectivity index (χ3n) is 7.54. The molecule has 0 aromatic heterocycles. The molecule has 3 aliphatic rings. The number of amides is 1. The largest absolute Gasteiger partial charge is 0.383 e. The number of likely N-dealkylation sites (tertiary alicyclic amines) is 3. The predicted molar refractivity (Wildman–Crippen MR) is 123 cm³/mol. The number of carbonyl (C=O) groups excluding carboxylic acids is 1. The summed E-state index contributed by atoms with van der Waals surface area (Å²) in [6, 6.07) is 0.560. The van der Waals surface area contributed by atoms with Gasteiger partial charge in [0.2, 0.25) is 5.91 Å². The van der Waals surface area contributed by atoms with Gasteiger partial charge in [-0.05, 0) is 83.7 Å². The second-order valence-electron chi connectivity index (χ2n) is 9.69. The molecule has 1 unspecified atom stereocenters. The summed E-state index contributed by atoms with van der Waals surface area (Å²) in [5.41, 5.74) is 0. The van der Waals surface area contributed by atoms with Crippen LogP contribution in [0.25, 0.3) is 0 Å². The summed E-state index contributed by atoms with van der Waals surface area (Å²) in [4.78, 5) is 23.2. The first-order chi connectivity index (χ1) is 14.7. The van der Waals surface area contributed by atoms with Crippen molar-refractivity contribution >= 4 is 5.91 Å². The lowest BCUT2D eigenvalue weighted by Crippen LogP contribution is -2.49. The molecule has 174 valence electrons. The van der Waals surface area contributed by atoms with Gasteiger partial charge in [0.1, 0.15) is 0 Å². The summed E-state index contributed by atoms with van der Waals surface area (Å²) in [6.07, 6.45) is 10.1. The smallest absolute Gasteiger partial charge is 0.236 e. The van der Waals surface area contributed by atoms with Crippen LogP contribution in [-0.4, -0.2) is 111 Å². The van der Waals surface area contributed by atoms with Gasteiger partial charge in [0.15, 0.2) is 0 Å². The standard InChI is InChI=1S/C24H46N4O2/c1-3-27-14-8-9-23(27)20-28(24(29)21-26-12-6-4-5-7-13-26)19-22-10-15-25(16-11-22)17-18-30-2/h22-23H,3-21H2,1-2H3. The lowest BCUT2D eigenvalue weighted by atomic mass is 9.95. The molecule has 0 aliphatic carbocycles. The first-order valence-corrected chi connectivity index (χ1v) is 12.6. The van der Waals surface area contributed by atoms with Crippen LogP contribution in [0.2, 0.25) is 0 Å². The van der Waals surface area contributed by atoms with Crippen LogP contribution in [0.15, 0.2) is 0 Å². The van der Waals surface area contributed by atoms with E-state index in [1.165, 1.54) is 57.9 Å². The number of hydrogen-bond acceptors (Lipinski definition) is 5. The zero-order valence-electron chi connectivity index (χ0n) is 19.7. The maximum atomic E-state index is 13.4. The Kier molecular flexibility index (Phi) is 10.4. The van der Waals surface area contributed by atoms with Crippen molar-refractivity contribution in [3.05, 3.63) is 0 Å². The van der Waals surface area contributed by atoms with Crippen molar-refractivity contribution in [2.45, 2.75) is 64.3 Å². The van der Waals surface area contributed by atoms with Gasteiger partial charge in [0, 0.05) is 32.8 Å². The fourth-order valence-corrected chi connectivity index (χ4v) is 5.56. The Balaban J connectivity index is 1.55. The van der Waals surface area contributed by atoms with Crippen molar-refractivity contribution in [3.8, 4) is 0 Å². The van der Waals surface area contributed by atoms with Gasteiger partial charge < -0.3 is 14.5 Å². The highest BCUT2D eigenvalue weighted by Gasteiger charge is 2.30. The number of carbonyl (C=O) groups is 1. The lowest BCUT2D eigenvalue weighted by molar-refractivity contribution is -0.134. The maximum Gasteiger partial charge on any atom is 0.236 e. The Bertz CT molecular complexity index is 488. The fraction of sp³-hybridized carbons (Fsp3) is 0.958. The second kappa shape index (κ2) is 13.0. The number of likely N-dealkylation sites (N-methyl/N-ethyl adjacent to an activating group) is 1. The molecule has 0 aromatic rings. The van der Waals surface area contributed by atoms with Crippen molar-refractivity contribution in [3.63, 3.8) is 0 Å². The average molecular weight is 423 g/mol. The normalized spacial score (nSPS) is 25.5. The molecule has 1 amide bonds.